The standard InChI is InChI=1S/C21H19Cl2N5O/c1-12-7-13(2)28(27-12)21-20(24-11-14-5-4-6-15(8-14)29-3)25-18-9-16(22)17(23)10-19(18)26-21/h4-10H,11H2,1-3H3,(H,24,25). The van der Waals surface area contributed by atoms with E-state index in [4.69, 9.17) is 37.9 Å². The number of hydrogen-bond donors (Lipinski definition) is 1. The lowest BCUT2D eigenvalue weighted by atomic mass is 10.2. The predicted molar refractivity (Wildman–Crippen MR) is 116 cm³/mol. The van der Waals surface area contributed by atoms with E-state index in [0.717, 1.165) is 22.7 Å². The summed E-state index contributed by atoms with van der Waals surface area (Å²) in [5, 5.41) is 8.81. The van der Waals surface area contributed by atoms with Crippen molar-refractivity contribution in [2.75, 3.05) is 12.4 Å². The average molecular weight is 428 g/mol. The van der Waals surface area contributed by atoms with Crippen LogP contribution in [0.2, 0.25) is 10.0 Å². The first-order valence-corrected chi connectivity index (χ1v) is 9.77. The van der Waals surface area contributed by atoms with Crippen LogP contribution in [0, 0.1) is 13.8 Å². The van der Waals surface area contributed by atoms with E-state index >= 15 is 0 Å². The van der Waals surface area contributed by atoms with Crippen LogP contribution >= 0.6 is 23.2 Å². The van der Waals surface area contributed by atoms with Gasteiger partial charge in [-0.05, 0) is 49.7 Å². The Morgan fingerprint density at radius 1 is 1.00 bits per heavy atom. The number of anilines is 1. The van der Waals surface area contributed by atoms with Crippen LogP contribution in [0.4, 0.5) is 5.82 Å². The maximum absolute atomic E-state index is 6.18. The highest BCUT2D eigenvalue weighted by atomic mass is 35.5. The van der Waals surface area contributed by atoms with Gasteiger partial charge in [0.25, 0.3) is 0 Å². The lowest BCUT2D eigenvalue weighted by Crippen LogP contribution is -2.11. The van der Waals surface area contributed by atoms with E-state index in [1.54, 1.807) is 23.9 Å². The zero-order valence-electron chi connectivity index (χ0n) is 16.2. The van der Waals surface area contributed by atoms with E-state index in [2.05, 4.69) is 10.4 Å². The molecule has 0 fully saturated rings. The molecule has 0 unspecified atom stereocenters. The Kier molecular flexibility index (Phi) is 5.30. The summed E-state index contributed by atoms with van der Waals surface area (Å²) in [6.07, 6.45) is 0. The molecule has 2 heterocycles. The van der Waals surface area contributed by atoms with Gasteiger partial charge in [0.15, 0.2) is 11.6 Å². The van der Waals surface area contributed by atoms with Crippen LogP contribution in [0.1, 0.15) is 17.0 Å². The lowest BCUT2D eigenvalue weighted by molar-refractivity contribution is 0.414. The van der Waals surface area contributed by atoms with Gasteiger partial charge < -0.3 is 10.1 Å². The van der Waals surface area contributed by atoms with Gasteiger partial charge in [-0.3, -0.25) is 0 Å². The van der Waals surface area contributed by atoms with Crippen molar-refractivity contribution in [1.29, 1.82) is 0 Å². The lowest BCUT2D eigenvalue weighted by Gasteiger charge is -2.14. The number of fused-ring (bicyclic) bond motifs is 1. The highest BCUT2D eigenvalue weighted by molar-refractivity contribution is 6.42. The molecule has 0 aliphatic rings. The normalized spacial score (nSPS) is 11.1. The number of benzene rings is 2. The van der Waals surface area contributed by atoms with Crippen LogP contribution in [-0.4, -0.2) is 26.9 Å². The molecule has 0 radical (unpaired) electrons. The van der Waals surface area contributed by atoms with E-state index in [1.165, 1.54) is 0 Å². The number of halogens is 2. The van der Waals surface area contributed by atoms with Gasteiger partial charge in [-0.15, -0.1) is 0 Å². The molecule has 0 aliphatic heterocycles. The largest absolute Gasteiger partial charge is 0.497 e. The molecule has 2 aromatic carbocycles. The number of rotatable bonds is 5. The molecule has 8 heteroatoms. The molecule has 4 rings (SSSR count). The van der Waals surface area contributed by atoms with Crippen LogP contribution < -0.4 is 10.1 Å². The minimum absolute atomic E-state index is 0.435. The molecule has 0 saturated heterocycles. The quantitative estimate of drug-likeness (QED) is 0.464. The molecule has 0 spiro atoms. The second-order valence-corrected chi connectivity index (χ2v) is 7.51. The summed E-state index contributed by atoms with van der Waals surface area (Å²) in [6, 6.07) is 13.3. The molecule has 4 aromatic rings. The van der Waals surface area contributed by atoms with Crippen LogP contribution in [0.15, 0.2) is 42.5 Å². The number of hydrogen-bond acceptors (Lipinski definition) is 5. The number of aryl methyl sites for hydroxylation is 2. The van der Waals surface area contributed by atoms with E-state index in [9.17, 15) is 0 Å². The number of nitrogens with one attached hydrogen (secondary N) is 1. The minimum Gasteiger partial charge on any atom is -0.497 e. The third-order valence-electron chi connectivity index (χ3n) is 4.49. The summed E-state index contributed by atoms with van der Waals surface area (Å²) in [5.74, 6) is 2.00. The van der Waals surface area contributed by atoms with Crippen LogP contribution in [0.5, 0.6) is 5.75 Å². The van der Waals surface area contributed by atoms with Crippen LogP contribution in [0.25, 0.3) is 16.9 Å². The maximum Gasteiger partial charge on any atom is 0.197 e. The van der Waals surface area contributed by atoms with Crippen LogP contribution in [-0.2, 0) is 6.54 Å². The minimum atomic E-state index is 0.435. The van der Waals surface area contributed by atoms with Crippen LogP contribution in [0.3, 0.4) is 0 Å². The van der Waals surface area contributed by atoms with Gasteiger partial charge >= 0.3 is 0 Å². The number of nitrogens with zero attached hydrogens (tertiary/aromatic N) is 4. The number of ether oxygens (including phenoxy) is 1. The second-order valence-electron chi connectivity index (χ2n) is 6.69. The highest BCUT2D eigenvalue weighted by Gasteiger charge is 2.15. The Balaban J connectivity index is 1.80. The molecule has 0 aliphatic carbocycles. The third-order valence-corrected chi connectivity index (χ3v) is 5.21. The fourth-order valence-corrected chi connectivity index (χ4v) is 3.44. The third kappa shape index (κ3) is 3.99. The summed E-state index contributed by atoms with van der Waals surface area (Å²) >= 11 is 12.4. The average Bonchev–Trinajstić information content (AvgIpc) is 3.05. The fraction of sp³-hybridized carbons (Fsp3) is 0.190. The summed E-state index contributed by atoms with van der Waals surface area (Å²) in [5.41, 5.74) is 4.21. The zero-order chi connectivity index (χ0) is 20.5. The number of methoxy groups -OCH3 is 1. The number of aromatic nitrogens is 4. The summed E-state index contributed by atoms with van der Waals surface area (Å²) in [4.78, 5) is 9.53. The van der Waals surface area contributed by atoms with Gasteiger partial charge in [0.2, 0.25) is 0 Å². The van der Waals surface area contributed by atoms with Crippen molar-refractivity contribution in [3.05, 3.63) is 69.5 Å². The van der Waals surface area contributed by atoms with Gasteiger partial charge in [0.1, 0.15) is 5.75 Å². The molecule has 0 amide bonds. The smallest absolute Gasteiger partial charge is 0.197 e. The van der Waals surface area contributed by atoms with Crippen molar-refractivity contribution < 1.29 is 4.74 Å². The maximum atomic E-state index is 6.18. The van der Waals surface area contributed by atoms with Gasteiger partial charge in [-0.25, -0.2) is 14.6 Å². The molecular weight excluding hydrogens is 409 g/mol. The molecule has 29 heavy (non-hydrogen) atoms. The Morgan fingerprint density at radius 3 is 2.38 bits per heavy atom. The Morgan fingerprint density at radius 2 is 1.72 bits per heavy atom. The van der Waals surface area contributed by atoms with Gasteiger partial charge in [0, 0.05) is 12.2 Å². The molecule has 148 valence electrons. The Hall–Kier alpha value is -2.83. The molecule has 1 N–H and O–H groups in total. The Bertz CT molecular complexity index is 1210. The summed E-state index contributed by atoms with van der Waals surface area (Å²) in [7, 11) is 1.65. The molecule has 0 atom stereocenters. The zero-order valence-corrected chi connectivity index (χ0v) is 17.7. The topological polar surface area (TPSA) is 64.9 Å². The van der Waals surface area contributed by atoms with Crippen molar-refractivity contribution >= 4 is 40.1 Å². The fourth-order valence-electron chi connectivity index (χ4n) is 3.12. The van der Waals surface area contributed by atoms with Gasteiger partial charge in [-0.1, -0.05) is 35.3 Å². The van der Waals surface area contributed by atoms with Crippen molar-refractivity contribution in [1.82, 2.24) is 19.7 Å². The monoisotopic (exact) mass is 427 g/mol. The van der Waals surface area contributed by atoms with Crippen molar-refractivity contribution in [3.8, 4) is 11.6 Å². The summed E-state index contributed by atoms with van der Waals surface area (Å²) in [6.45, 7) is 4.47. The van der Waals surface area contributed by atoms with E-state index < -0.39 is 0 Å². The predicted octanol–water partition coefficient (Wildman–Crippen LogP) is 5.36. The van der Waals surface area contributed by atoms with Gasteiger partial charge in [0.05, 0.1) is 33.9 Å². The Labute approximate surface area is 178 Å². The molecular formula is C21H19Cl2N5O. The van der Waals surface area contributed by atoms with Crippen molar-refractivity contribution in [3.63, 3.8) is 0 Å². The molecule has 0 saturated carbocycles. The highest BCUT2D eigenvalue weighted by Crippen LogP contribution is 2.29. The van der Waals surface area contributed by atoms with Crippen molar-refractivity contribution in [2.24, 2.45) is 0 Å². The first-order chi connectivity index (χ1) is 13.9. The molecule has 6 nitrogen and oxygen atoms in total. The van der Waals surface area contributed by atoms with Crippen molar-refractivity contribution in [2.45, 2.75) is 20.4 Å². The van der Waals surface area contributed by atoms with E-state index in [-0.39, 0.29) is 0 Å². The molecule has 2 aromatic heterocycles. The SMILES string of the molecule is COc1cccc(CNc2nc3cc(Cl)c(Cl)cc3nc2-n2nc(C)cc2C)c1. The van der Waals surface area contributed by atoms with E-state index in [0.29, 0.717) is 39.3 Å². The molecule has 0 bridgehead atoms. The first-order valence-electron chi connectivity index (χ1n) is 9.02. The second kappa shape index (κ2) is 7.89. The first kappa shape index (κ1) is 19.5. The van der Waals surface area contributed by atoms with Gasteiger partial charge in [-0.2, -0.15) is 5.10 Å². The van der Waals surface area contributed by atoms with E-state index in [1.807, 2.05) is 44.2 Å². The summed E-state index contributed by atoms with van der Waals surface area (Å²) < 4.78 is 7.08.